The van der Waals surface area contributed by atoms with Gasteiger partial charge in [-0.1, -0.05) is 6.07 Å². The highest BCUT2D eigenvalue weighted by atomic mass is 32.2. The van der Waals surface area contributed by atoms with E-state index >= 15 is 0 Å². The van der Waals surface area contributed by atoms with Gasteiger partial charge in [-0.25, -0.2) is 8.42 Å². The Hall–Kier alpha value is -1.90. The lowest BCUT2D eigenvalue weighted by atomic mass is 10.1. The lowest BCUT2D eigenvalue weighted by molar-refractivity contribution is 0.0709. The van der Waals surface area contributed by atoms with Crippen LogP contribution in [0.5, 0.6) is 0 Å². The number of carbonyl (C=O) groups excluding carboxylic acids is 1. The third-order valence-corrected chi connectivity index (χ3v) is 8.23. The molecule has 2 fully saturated rings. The Morgan fingerprint density at radius 3 is 2.50 bits per heavy atom. The van der Waals surface area contributed by atoms with Gasteiger partial charge in [-0.15, -0.1) is 11.3 Å². The van der Waals surface area contributed by atoms with Gasteiger partial charge in [-0.2, -0.15) is 0 Å². The van der Waals surface area contributed by atoms with Crippen molar-refractivity contribution in [2.45, 2.75) is 35.9 Å². The van der Waals surface area contributed by atoms with Gasteiger partial charge in [-0.3, -0.25) is 9.52 Å². The number of carbonyl (C=O) groups is 1. The topological polar surface area (TPSA) is 69.7 Å². The molecular weight excluding hydrogens is 394 g/mol. The fraction of sp³-hybridized carbons (Fsp3) is 0.450. The van der Waals surface area contributed by atoms with E-state index in [0.717, 1.165) is 39.0 Å². The number of benzene rings is 1. The average molecular weight is 420 g/mol. The molecule has 1 atom stereocenters. The van der Waals surface area contributed by atoms with Crippen molar-refractivity contribution in [1.82, 2.24) is 9.80 Å². The van der Waals surface area contributed by atoms with Gasteiger partial charge in [-0.05, 0) is 74.5 Å². The Kier molecular flexibility index (Phi) is 5.70. The molecule has 0 aliphatic carbocycles. The highest BCUT2D eigenvalue weighted by Crippen LogP contribution is 2.24. The second kappa shape index (κ2) is 8.23. The van der Waals surface area contributed by atoms with Gasteiger partial charge in [0.1, 0.15) is 4.21 Å². The lowest BCUT2D eigenvalue weighted by Crippen LogP contribution is -2.42. The molecule has 0 saturated carbocycles. The Balaban J connectivity index is 1.42. The van der Waals surface area contributed by atoms with Crippen molar-refractivity contribution in [1.29, 1.82) is 0 Å². The first kappa shape index (κ1) is 19.4. The molecule has 2 aliphatic heterocycles. The molecule has 1 unspecified atom stereocenters. The second-order valence-corrected chi connectivity index (χ2v) is 10.3. The summed E-state index contributed by atoms with van der Waals surface area (Å²) in [5, 5.41) is 1.73. The van der Waals surface area contributed by atoms with Crippen molar-refractivity contribution in [3.63, 3.8) is 0 Å². The number of nitrogens with one attached hydrogen (secondary N) is 1. The molecule has 1 amide bonds. The van der Waals surface area contributed by atoms with Gasteiger partial charge >= 0.3 is 0 Å². The Morgan fingerprint density at radius 2 is 1.82 bits per heavy atom. The van der Waals surface area contributed by atoms with Gasteiger partial charge in [0.05, 0.1) is 0 Å². The fourth-order valence-electron chi connectivity index (χ4n) is 4.02. The van der Waals surface area contributed by atoms with Crippen molar-refractivity contribution in [3.8, 4) is 0 Å². The molecule has 0 radical (unpaired) electrons. The highest BCUT2D eigenvalue weighted by Gasteiger charge is 2.31. The summed E-state index contributed by atoms with van der Waals surface area (Å²) in [7, 11) is -3.57. The van der Waals surface area contributed by atoms with Crippen LogP contribution in [0.15, 0.2) is 46.0 Å². The van der Waals surface area contributed by atoms with Crippen LogP contribution in [0.4, 0.5) is 5.69 Å². The minimum absolute atomic E-state index is 0.0364. The van der Waals surface area contributed by atoms with E-state index in [4.69, 9.17) is 0 Å². The monoisotopic (exact) mass is 419 g/mol. The van der Waals surface area contributed by atoms with E-state index < -0.39 is 10.0 Å². The SMILES string of the molecule is O=C(c1ccc(NS(=O)(=O)c2cccs2)cc1)N1CCCC1CN1CCCC1. The maximum absolute atomic E-state index is 13.0. The van der Waals surface area contributed by atoms with E-state index in [1.54, 1.807) is 41.8 Å². The fourth-order valence-corrected chi connectivity index (χ4v) is 6.08. The first-order chi connectivity index (χ1) is 13.5. The molecule has 4 rings (SSSR count). The molecular formula is C20H25N3O3S2. The van der Waals surface area contributed by atoms with Crippen LogP contribution in [0, 0.1) is 0 Å². The minimum Gasteiger partial charge on any atom is -0.334 e. The minimum atomic E-state index is -3.57. The van der Waals surface area contributed by atoms with E-state index in [2.05, 4.69) is 9.62 Å². The van der Waals surface area contributed by atoms with Crippen LogP contribution < -0.4 is 4.72 Å². The summed E-state index contributed by atoms with van der Waals surface area (Å²) < 4.78 is 27.5. The summed E-state index contributed by atoms with van der Waals surface area (Å²) >= 11 is 1.17. The summed E-state index contributed by atoms with van der Waals surface area (Å²) in [6.07, 6.45) is 4.61. The number of thiophene rings is 1. The number of anilines is 1. The van der Waals surface area contributed by atoms with Crippen molar-refractivity contribution < 1.29 is 13.2 Å². The number of hydrogen-bond acceptors (Lipinski definition) is 5. The number of sulfonamides is 1. The van der Waals surface area contributed by atoms with E-state index in [1.165, 1.54) is 24.2 Å². The zero-order valence-electron chi connectivity index (χ0n) is 15.7. The van der Waals surface area contributed by atoms with Gasteiger partial charge in [0, 0.05) is 30.4 Å². The number of rotatable bonds is 6. The smallest absolute Gasteiger partial charge is 0.271 e. The predicted octanol–water partition coefficient (Wildman–Crippen LogP) is 3.25. The number of likely N-dealkylation sites (tertiary alicyclic amines) is 2. The van der Waals surface area contributed by atoms with Crippen molar-refractivity contribution in [3.05, 3.63) is 47.3 Å². The van der Waals surface area contributed by atoms with Crippen LogP contribution in [-0.2, 0) is 10.0 Å². The van der Waals surface area contributed by atoms with Gasteiger partial charge in [0.25, 0.3) is 15.9 Å². The third kappa shape index (κ3) is 4.24. The molecule has 6 nitrogen and oxygen atoms in total. The second-order valence-electron chi connectivity index (χ2n) is 7.42. The molecule has 3 heterocycles. The van der Waals surface area contributed by atoms with E-state index in [9.17, 15) is 13.2 Å². The third-order valence-electron chi connectivity index (χ3n) is 5.45. The quantitative estimate of drug-likeness (QED) is 0.780. The molecule has 150 valence electrons. The van der Waals surface area contributed by atoms with Crippen LogP contribution in [-0.4, -0.2) is 56.3 Å². The molecule has 2 saturated heterocycles. The van der Waals surface area contributed by atoms with Crippen molar-refractivity contribution in [2.75, 3.05) is 30.9 Å². The molecule has 1 aromatic heterocycles. The van der Waals surface area contributed by atoms with Crippen LogP contribution in [0.2, 0.25) is 0 Å². The summed E-state index contributed by atoms with van der Waals surface area (Å²) in [4.78, 5) is 17.4. The van der Waals surface area contributed by atoms with Gasteiger partial charge in [0.15, 0.2) is 0 Å². The summed E-state index contributed by atoms with van der Waals surface area (Å²) in [5.41, 5.74) is 1.06. The zero-order valence-corrected chi connectivity index (χ0v) is 17.3. The average Bonchev–Trinajstić information content (AvgIpc) is 3.45. The molecule has 1 N–H and O–H groups in total. The number of nitrogens with zero attached hydrogens (tertiary/aromatic N) is 2. The molecule has 0 spiro atoms. The van der Waals surface area contributed by atoms with Crippen molar-refractivity contribution >= 4 is 33.0 Å². The largest absolute Gasteiger partial charge is 0.334 e. The van der Waals surface area contributed by atoms with E-state index in [0.29, 0.717) is 11.3 Å². The van der Waals surface area contributed by atoms with Gasteiger partial charge in [0.2, 0.25) is 0 Å². The van der Waals surface area contributed by atoms with Crippen LogP contribution in [0.25, 0.3) is 0 Å². The zero-order chi connectivity index (χ0) is 19.6. The van der Waals surface area contributed by atoms with Crippen LogP contribution in [0.3, 0.4) is 0 Å². The summed E-state index contributed by atoms with van der Waals surface area (Å²) in [5.74, 6) is 0.0364. The molecule has 2 aromatic rings. The first-order valence-electron chi connectivity index (χ1n) is 9.73. The summed E-state index contributed by atoms with van der Waals surface area (Å²) in [6, 6.07) is 10.3. The van der Waals surface area contributed by atoms with Crippen LogP contribution >= 0.6 is 11.3 Å². The summed E-state index contributed by atoms with van der Waals surface area (Å²) in [6.45, 7) is 4.03. The standard InChI is InChI=1S/C20H25N3O3S2/c24-20(23-13-3-5-18(23)15-22-11-1-2-12-22)16-7-9-17(10-8-16)21-28(25,26)19-6-4-14-27-19/h4,6-10,14,18,21H,1-3,5,11-13,15H2. The Morgan fingerprint density at radius 1 is 1.07 bits per heavy atom. The molecule has 1 aromatic carbocycles. The van der Waals surface area contributed by atoms with E-state index in [1.807, 2.05) is 4.90 Å². The first-order valence-corrected chi connectivity index (χ1v) is 12.1. The van der Waals surface area contributed by atoms with Gasteiger partial charge < -0.3 is 9.80 Å². The molecule has 8 heteroatoms. The highest BCUT2D eigenvalue weighted by molar-refractivity contribution is 7.94. The lowest BCUT2D eigenvalue weighted by Gasteiger charge is -2.28. The molecule has 28 heavy (non-hydrogen) atoms. The number of hydrogen-bond donors (Lipinski definition) is 1. The molecule has 2 aliphatic rings. The van der Waals surface area contributed by atoms with E-state index in [-0.39, 0.29) is 16.2 Å². The van der Waals surface area contributed by atoms with Crippen LogP contribution in [0.1, 0.15) is 36.0 Å². The maximum Gasteiger partial charge on any atom is 0.271 e. The predicted molar refractivity (Wildman–Crippen MR) is 111 cm³/mol. The Labute approximate surface area is 170 Å². The normalized spacial score (nSPS) is 20.6. The number of amides is 1. The van der Waals surface area contributed by atoms with Crippen molar-refractivity contribution in [2.24, 2.45) is 0 Å². The molecule has 0 bridgehead atoms. The maximum atomic E-state index is 13.0. The Bertz CT molecular complexity index is 905.